The summed E-state index contributed by atoms with van der Waals surface area (Å²) in [5.41, 5.74) is 7.07. The van der Waals surface area contributed by atoms with Gasteiger partial charge in [0.1, 0.15) is 0 Å². The van der Waals surface area contributed by atoms with Crippen LogP contribution in [0, 0.1) is 0 Å². The van der Waals surface area contributed by atoms with Crippen molar-refractivity contribution in [3.05, 3.63) is 35.9 Å². The van der Waals surface area contributed by atoms with Gasteiger partial charge < -0.3 is 10.5 Å². The summed E-state index contributed by atoms with van der Waals surface area (Å²) in [6, 6.07) is 10.9. The average molecular weight is 235 g/mol. The number of unbranched alkanes of at least 4 members (excludes halogenated alkanes) is 1. The first-order chi connectivity index (χ1) is 8.29. The molecule has 0 saturated carbocycles. The first kappa shape index (κ1) is 14.2. The van der Waals surface area contributed by atoms with Gasteiger partial charge in [-0.1, -0.05) is 30.3 Å². The average Bonchev–Trinajstić information content (AvgIpc) is 2.33. The van der Waals surface area contributed by atoms with Gasteiger partial charge in [-0.15, -0.1) is 0 Å². The molecule has 1 unspecified atom stereocenters. The van der Waals surface area contributed by atoms with Crippen LogP contribution in [0.5, 0.6) is 0 Å². The van der Waals surface area contributed by atoms with Crippen molar-refractivity contribution < 1.29 is 4.74 Å². The monoisotopic (exact) mass is 235 g/mol. The van der Waals surface area contributed by atoms with Gasteiger partial charge >= 0.3 is 0 Å². The third kappa shape index (κ3) is 7.94. The minimum Gasteiger partial charge on any atom is -0.381 e. The first-order valence-electron chi connectivity index (χ1n) is 6.66. The topological polar surface area (TPSA) is 35.2 Å². The predicted molar refractivity (Wildman–Crippen MR) is 73.1 cm³/mol. The SMILES string of the molecule is CC(N)CCCCOCCCc1ccccc1. The van der Waals surface area contributed by atoms with Gasteiger partial charge in [-0.2, -0.15) is 0 Å². The number of ether oxygens (including phenoxy) is 1. The van der Waals surface area contributed by atoms with E-state index >= 15 is 0 Å². The van der Waals surface area contributed by atoms with Gasteiger partial charge in [-0.3, -0.25) is 0 Å². The van der Waals surface area contributed by atoms with Gasteiger partial charge in [0, 0.05) is 19.3 Å². The highest BCUT2D eigenvalue weighted by Gasteiger charge is 1.95. The standard InChI is InChI=1S/C15H25NO/c1-14(16)8-5-6-12-17-13-7-11-15-9-3-2-4-10-15/h2-4,9-10,14H,5-8,11-13,16H2,1H3. The van der Waals surface area contributed by atoms with E-state index in [9.17, 15) is 0 Å². The molecule has 0 amide bonds. The normalized spacial score (nSPS) is 12.6. The van der Waals surface area contributed by atoms with Gasteiger partial charge in [0.15, 0.2) is 0 Å². The van der Waals surface area contributed by atoms with Crippen LogP contribution in [0.3, 0.4) is 0 Å². The number of rotatable bonds is 9. The highest BCUT2D eigenvalue weighted by molar-refractivity contribution is 5.14. The number of hydrogen-bond acceptors (Lipinski definition) is 2. The number of benzene rings is 1. The van der Waals surface area contributed by atoms with Crippen molar-refractivity contribution in [2.24, 2.45) is 5.73 Å². The molecule has 0 bridgehead atoms. The summed E-state index contributed by atoms with van der Waals surface area (Å²) in [6.07, 6.45) is 5.63. The molecule has 0 saturated heterocycles. The zero-order valence-corrected chi connectivity index (χ0v) is 10.9. The Hall–Kier alpha value is -0.860. The molecule has 1 atom stereocenters. The van der Waals surface area contributed by atoms with Crippen LogP contribution < -0.4 is 5.73 Å². The largest absolute Gasteiger partial charge is 0.381 e. The minimum atomic E-state index is 0.327. The van der Waals surface area contributed by atoms with E-state index in [1.807, 2.05) is 0 Å². The van der Waals surface area contributed by atoms with Gasteiger partial charge in [0.05, 0.1) is 0 Å². The van der Waals surface area contributed by atoms with Crippen LogP contribution in [0.25, 0.3) is 0 Å². The summed E-state index contributed by atoms with van der Waals surface area (Å²) >= 11 is 0. The van der Waals surface area contributed by atoms with E-state index in [1.54, 1.807) is 0 Å². The molecule has 2 heteroatoms. The van der Waals surface area contributed by atoms with Crippen molar-refractivity contribution in [1.29, 1.82) is 0 Å². The summed E-state index contributed by atoms with van der Waals surface area (Å²) in [7, 11) is 0. The smallest absolute Gasteiger partial charge is 0.0469 e. The van der Waals surface area contributed by atoms with Crippen LogP contribution in [0.1, 0.15) is 38.2 Å². The van der Waals surface area contributed by atoms with E-state index in [0.29, 0.717) is 6.04 Å². The van der Waals surface area contributed by atoms with Gasteiger partial charge in [-0.05, 0) is 44.6 Å². The van der Waals surface area contributed by atoms with Crippen LogP contribution in [-0.2, 0) is 11.2 Å². The molecule has 0 radical (unpaired) electrons. The Morgan fingerprint density at radius 3 is 2.47 bits per heavy atom. The Morgan fingerprint density at radius 1 is 1.06 bits per heavy atom. The maximum atomic E-state index is 5.68. The lowest BCUT2D eigenvalue weighted by atomic mass is 10.1. The zero-order valence-electron chi connectivity index (χ0n) is 10.9. The van der Waals surface area contributed by atoms with Crippen molar-refractivity contribution in [2.75, 3.05) is 13.2 Å². The third-order valence-electron chi connectivity index (χ3n) is 2.80. The van der Waals surface area contributed by atoms with Gasteiger partial charge in [-0.25, -0.2) is 0 Å². The summed E-state index contributed by atoms with van der Waals surface area (Å²) < 4.78 is 5.60. The minimum absolute atomic E-state index is 0.327. The van der Waals surface area contributed by atoms with Crippen molar-refractivity contribution in [3.63, 3.8) is 0 Å². The molecular weight excluding hydrogens is 210 g/mol. The molecule has 96 valence electrons. The maximum Gasteiger partial charge on any atom is 0.0469 e. The molecular formula is C15H25NO. The van der Waals surface area contributed by atoms with E-state index < -0.39 is 0 Å². The fraction of sp³-hybridized carbons (Fsp3) is 0.600. The lowest BCUT2D eigenvalue weighted by Gasteiger charge is -2.06. The number of aryl methyl sites for hydroxylation is 1. The Kier molecular flexibility index (Phi) is 7.69. The fourth-order valence-corrected chi connectivity index (χ4v) is 1.80. The molecule has 0 aliphatic heterocycles. The van der Waals surface area contributed by atoms with E-state index in [2.05, 4.69) is 37.3 Å². The zero-order chi connectivity index (χ0) is 12.3. The highest BCUT2D eigenvalue weighted by atomic mass is 16.5. The van der Waals surface area contributed by atoms with Crippen molar-refractivity contribution in [2.45, 2.75) is 45.1 Å². The quantitative estimate of drug-likeness (QED) is 0.667. The summed E-state index contributed by atoms with van der Waals surface area (Å²) in [5.74, 6) is 0. The molecule has 1 aromatic rings. The molecule has 17 heavy (non-hydrogen) atoms. The Morgan fingerprint density at radius 2 is 1.76 bits per heavy atom. The molecule has 0 aromatic heterocycles. The lowest BCUT2D eigenvalue weighted by Crippen LogP contribution is -2.14. The Labute approximate surface area is 105 Å². The van der Waals surface area contributed by atoms with Crippen molar-refractivity contribution in [1.82, 2.24) is 0 Å². The van der Waals surface area contributed by atoms with Crippen LogP contribution in [0.2, 0.25) is 0 Å². The third-order valence-corrected chi connectivity index (χ3v) is 2.80. The maximum absolute atomic E-state index is 5.68. The van der Waals surface area contributed by atoms with E-state index in [1.165, 1.54) is 12.0 Å². The van der Waals surface area contributed by atoms with Crippen LogP contribution in [-0.4, -0.2) is 19.3 Å². The second-order valence-electron chi connectivity index (χ2n) is 4.67. The summed E-state index contributed by atoms with van der Waals surface area (Å²) in [4.78, 5) is 0. The molecule has 0 aliphatic rings. The van der Waals surface area contributed by atoms with Gasteiger partial charge in [0.25, 0.3) is 0 Å². The molecule has 2 N–H and O–H groups in total. The Balaban J connectivity index is 1.88. The number of hydrogen-bond donors (Lipinski definition) is 1. The van der Waals surface area contributed by atoms with Crippen LogP contribution in [0.4, 0.5) is 0 Å². The van der Waals surface area contributed by atoms with Crippen molar-refractivity contribution in [3.8, 4) is 0 Å². The van der Waals surface area contributed by atoms with Crippen LogP contribution >= 0.6 is 0 Å². The molecule has 1 aromatic carbocycles. The molecule has 0 spiro atoms. The fourth-order valence-electron chi connectivity index (χ4n) is 1.80. The van der Waals surface area contributed by atoms with E-state index in [4.69, 9.17) is 10.5 Å². The van der Waals surface area contributed by atoms with Gasteiger partial charge in [0.2, 0.25) is 0 Å². The van der Waals surface area contributed by atoms with Crippen LogP contribution in [0.15, 0.2) is 30.3 Å². The van der Waals surface area contributed by atoms with Crippen molar-refractivity contribution >= 4 is 0 Å². The molecule has 0 aliphatic carbocycles. The number of nitrogens with two attached hydrogens (primary N) is 1. The summed E-state index contributed by atoms with van der Waals surface area (Å²) in [6.45, 7) is 3.80. The van der Waals surface area contributed by atoms with E-state index in [0.717, 1.165) is 38.9 Å². The second-order valence-corrected chi connectivity index (χ2v) is 4.67. The second kappa shape index (κ2) is 9.20. The lowest BCUT2D eigenvalue weighted by molar-refractivity contribution is 0.127. The summed E-state index contributed by atoms with van der Waals surface area (Å²) in [5, 5.41) is 0. The Bertz CT molecular complexity index is 272. The predicted octanol–water partition coefficient (Wildman–Crippen LogP) is 3.15. The molecule has 0 fully saturated rings. The molecule has 1 rings (SSSR count). The highest BCUT2D eigenvalue weighted by Crippen LogP contribution is 2.03. The first-order valence-corrected chi connectivity index (χ1v) is 6.66. The molecule has 0 heterocycles. The molecule has 2 nitrogen and oxygen atoms in total. The van der Waals surface area contributed by atoms with E-state index in [-0.39, 0.29) is 0 Å².